The summed E-state index contributed by atoms with van der Waals surface area (Å²) in [4.78, 5) is 6.48. The second kappa shape index (κ2) is 17.5. The minimum Gasteiger partial charge on any atom is -0.309 e. The Morgan fingerprint density at radius 2 is 1.30 bits per heavy atom. The van der Waals surface area contributed by atoms with Crippen LogP contribution in [0.2, 0.25) is 0 Å². The van der Waals surface area contributed by atoms with E-state index >= 15 is 0 Å². The number of hydrogen-bond donors (Lipinski definition) is 3. The molecule has 3 heterocycles. The number of nitrogens with zero attached hydrogens (tertiary/aromatic N) is 3. The number of thiophene rings is 1. The molecule has 0 unspecified atom stereocenters. The standard InChI is InChI=1S/C37H25N5S.C5H7N.C5H8/c38-36(24-10-3-1-4-11-24)42(26-12-5-2-6-13-26)37(39)25-17-19-27(20-18-25)41-31-15-9-21-40-35(31)30-22-29-28-14-7-8-16-33(28)43-34(29)23-32(30)41;1-2-3-4-5-6;1-3-5-4-2/h1-23,38-39H;2-6H,1H2;3-5H,1H2,2H3/b;4-3-,6-5?;5-4-. The molecule has 3 N–H and O–H groups in total. The van der Waals surface area contributed by atoms with Crippen LogP contribution >= 0.6 is 11.3 Å². The van der Waals surface area contributed by atoms with Gasteiger partial charge < -0.3 is 9.98 Å². The Bertz CT molecular complexity index is 2640. The largest absolute Gasteiger partial charge is 0.309 e. The van der Waals surface area contributed by atoms with Gasteiger partial charge in [0.15, 0.2) is 0 Å². The fourth-order valence-electron chi connectivity index (χ4n) is 6.17. The van der Waals surface area contributed by atoms with Crippen molar-refractivity contribution >= 4 is 77.0 Å². The number of benzene rings is 5. The fraction of sp³-hybridized carbons (Fsp3) is 0.0213. The predicted molar refractivity (Wildman–Crippen MR) is 234 cm³/mol. The molecule has 264 valence electrons. The lowest BCUT2D eigenvalue weighted by molar-refractivity contribution is 1.17. The summed E-state index contributed by atoms with van der Waals surface area (Å²) >= 11 is 1.81. The lowest BCUT2D eigenvalue weighted by atomic mass is 10.1. The molecule has 54 heavy (non-hydrogen) atoms. The van der Waals surface area contributed by atoms with Crippen molar-refractivity contribution in [2.75, 3.05) is 4.90 Å². The lowest BCUT2D eigenvalue weighted by Crippen LogP contribution is -2.37. The number of para-hydroxylation sites is 1. The van der Waals surface area contributed by atoms with Crippen LogP contribution in [0.1, 0.15) is 18.1 Å². The lowest BCUT2D eigenvalue weighted by Gasteiger charge is -2.26. The van der Waals surface area contributed by atoms with E-state index in [1.54, 1.807) is 29.2 Å². The van der Waals surface area contributed by atoms with E-state index in [2.05, 4.69) is 72.3 Å². The highest BCUT2D eigenvalue weighted by Crippen LogP contribution is 2.40. The summed E-state index contributed by atoms with van der Waals surface area (Å²) in [6.45, 7) is 8.83. The Balaban J connectivity index is 0.000000399. The van der Waals surface area contributed by atoms with Gasteiger partial charge >= 0.3 is 0 Å². The third kappa shape index (κ3) is 7.77. The van der Waals surface area contributed by atoms with Gasteiger partial charge in [0.25, 0.3) is 0 Å². The molecule has 0 saturated heterocycles. The molecular weight excluding hydrogens is 681 g/mol. The van der Waals surface area contributed by atoms with Gasteiger partial charge in [0, 0.05) is 60.5 Å². The molecular formula is C47H40N6S. The third-order valence-electron chi connectivity index (χ3n) is 8.60. The molecule has 0 radical (unpaired) electrons. The molecule has 5 aromatic carbocycles. The van der Waals surface area contributed by atoms with Gasteiger partial charge in [0.2, 0.25) is 0 Å². The van der Waals surface area contributed by atoms with Crippen LogP contribution in [0.25, 0.3) is 47.8 Å². The maximum absolute atomic E-state index is 9.22. The Morgan fingerprint density at radius 1 is 0.648 bits per heavy atom. The first-order chi connectivity index (χ1) is 26.5. The monoisotopic (exact) mass is 720 g/mol. The number of nitrogens with one attached hydrogen (secondary N) is 3. The second-order valence-electron chi connectivity index (χ2n) is 12.0. The van der Waals surface area contributed by atoms with E-state index in [0.717, 1.165) is 44.4 Å². The fourth-order valence-corrected chi connectivity index (χ4v) is 7.29. The van der Waals surface area contributed by atoms with Crippen molar-refractivity contribution < 1.29 is 0 Å². The molecule has 0 atom stereocenters. The summed E-state index contributed by atoms with van der Waals surface area (Å²) < 4.78 is 4.78. The third-order valence-corrected chi connectivity index (χ3v) is 9.73. The molecule has 0 spiro atoms. The topological polar surface area (TPSA) is 92.6 Å². The van der Waals surface area contributed by atoms with Crippen LogP contribution in [0, 0.1) is 16.2 Å². The van der Waals surface area contributed by atoms with Gasteiger partial charge in [-0.15, -0.1) is 11.3 Å². The molecule has 0 fully saturated rings. The molecule has 8 aromatic rings. The predicted octanol–water partition coefficient (Wildman–Crippen LogP) is 12.5. The smallest absolute Gasteiger partial charge is 0.138 e. The molecule has 0 aliphatic rings. The Hall–Kier alpha value is -6.96. The van der Waals surface area contributed by atoms with Crippen molar-refractivity contribution in [3.8, 4) is 5.69 Å². The van der Waals surface area contributed by atoms with Crippen molar-refractivity contribution in [3.63, 3.8) is 0 Å². The quantitative estimate of drug-likeness (QED) is 0.0868. The molecule has 7 heteroatoms. The first-order valence-electron chi connectivity index (χ1n) is 17.4. The summed E-state index contributed by atoms with van der Waals surface area (Å²) in [7, 11) is 0. The van der Waals surface area contributed by atoms with Gasteiger partial charge in [-0.3, -0.25) is 20.7 Å². The highest BCUT2D eigenvalue weighted by molar-refractivity contribution is 7.25. The average Bonchev–Trinajstić information content (AvgIpc) is 3.75. The molecule has 0 aliphatic heterocycles. The van der Waals surface area contributed by atoms with E-state index in [4.69, 9.17) is 15.8 Å². The number of anilines is 1. The van der Waals surface area contributed by atoms with Gasteiger partial charge in [-0.05, 0) is 79.7 Å². The SMILES string of the molecule is C=C/C=C\C.C=C/C=C\C=N.N=C(c1ccccc1)N(C(=N)c1ccc(-n2c3cc4sc5ccccc5c4cc3c3ncccc32)cc1)c1ccccc1. The molecule has 3 aromatic heterocycles. The van der Waals surface area contributed by atoms with Crippen molar-refractivity contribution in [1.29, 1.82) is 16.2 Å². The summed E-state index contributed by atoms with van der Waals surface area (Å²) in [5, 5.41) is 28.3. The zero-order chi connectivity index (χ0) is 37.9. The van der Waals surface area contributed by atoms with Gasteiger partial charge in [0.05, 0.1) is 16.6 Å². The summed E-state index contributed by atoms with van der Waals surface area (Å²) in [6.07, 6.45) is 13.6. The molecule has 0 amide bonds. The van der Waals surface area contributed by atoms with E-state index in [-0.39, 0.29) is 11.7 Å². The zero-order valence-electron chi connectivity index (χ0n) is 30.0. The van der Waals surface area contributed by atoms with Crippen molar-refractivity contribution in [2.45, 2.75) is 6.92 Å². The molecule has 8 rings (SSSR count). The van der Waals surface area contributed by atoms with E-state index in [1.807, 2.05) is 115 Å². The Morgan fingerprint density at radius 3 is 1.93 bits per heavy atom. The Kier molecular flexibility index (Phi) is 11.9. The first-order valence-corrected chi connectivity index (χ1v) is 18.2. The number of rotatable bonds is 7. The van der Waals surface area contributed by atoms with Crippen molar-refractivity contribution in [2.24, 2.45) is 0 Å². The number of amidine groups is 2. The molecule has 0 aliphatic carbocycles. The molecule has 6 nitrogen and oxygen atoms in total. The van der Waals surface area contributed by atoms with Crippen LogP contribution in [0.15, 0.2) is 189 Å². The van der Waals surface area contributed by atoms with Crippen LogP contribution in [0.3, 0.4) is 0 Å². The molecule has 0 bridgehead atoms. The van der Waals surface area contributed by atoms with Crippen LogP contribution in [0.5, 0.6) is 0 Å². The maximum atomic E-state index is 9.22. The maximum Gasteiger partial charge on any atom is 0.138 e. The first kappa shape index (κ1) is 36.8. The minimum atomic E-state index is 0.238. The Labute approximate surface area is 319 Å². The number of pyridine rings is 1. The highest BCUT2D eigenvalue weighted by Gasteiger charge is 2.21. The van der Waals surface area contributed by atoms with Crippen LogP contribution in [0.4, 0.5) is 5.69 Å². The van der Waals surface area contributed by atoms with Crippen molar-refractivity contribution in [3.05, 3.63) is 200 Å². The normalized spacial score (nSPS) is 10.9. The summed E-state index contributed by atoms with van der Waals surface area (Å²) in [5.41, 5.74) is 6.35. The van der Waals surface area contributed by atoms with E-state index < -0.39 is 0 Å². The number of allylic oxidation sites excluding steroid dienone is 6. The summed E-state index contributed by atoms with van der Waals surface area (Å²) in [5.74, 6) is 0.490. The molecule has 0 saturated carbocycles. The van der Waals surface area contributed by atoms with Gasteiger partial charge in [-0.2, -0.15) is 0 Å². The van der Waals surface area contributed by atoms with E-state index in [0.29, 0.717) is 0 Å². The minimum absolute atomic E-state index is 0.238. The average molecular weight is 721 g/mol. The number of fused-ring (bicyclic) bond motifs is 6. The zero-order valence-corrected chi connectivity index (χ0v) is 30.8. The van der Waals surface area contributed by atoms with Gasteiger partial charge in [0.1, 0.15) is 11.7 Å². The summed E-state index contributed by atoms with van der Waals surface area (Å²) in [6, 6.07) is 44.5. The van der Waals surface area contributed by atoms with Gasteiger partial charge in [-0.1, -0.05) is 110 Å². The van der Waals surface area contributed by atoms with E-state index in [9.17, 15) is 5.41 Å². The highest BCUT2D eigenvalue weighted by atomic mass is 32.1. The van der Waals surface area contributed by atoms with E-state index in [1.165, 1.54) is 26.4 Å². The van der Waals surface area contributed by atoms with Gasteiger partial charge in [-0.25, -0.2) is 0 Å². The van der Waals surface area contributed by atoms with Crippen LogP contribution in [-0.4, -0.2) is 27.4 Å². The number of hydrogen-bond acceptors (Lipinski definition) is 5. The van der Waals surface area contributed by atoms with Crippen molar-refractivity contribution in [1.82, 2.24) is 9.55 Å². The van der Waals surface area contributed by atoms with Crippen LogP contribution < -0.4 is 4.90 Å². The second-order valence-corrected chi connectivity index (χ2v) is 13.1. The number of aromatic nitrogens is 2. The van der Waals surface area contributed by atoms with Crippen LogP contribution in [-0.2, 0) is 0 Å².